The van der Waals surface area contributed by atoms with Crippen molar-refractivity contribution in [3.05, 3.63) is 245 Å². The van der Waals surface area contributed by atoms with Gasteiger partial charge in [0, 0.05) is 94.1 Å². The van der Waals surface area contributed by atoms with E-state index >= 15 is 0 Å². The third-order valence-corrected chi connectivity index (χ3v) is 14.0. The zero-order valence-corrected chi connectivity index (χ0v) is 46.0. The van der Waals surface area contributed by atoms with E-state index in [1.807, 2.05) is 60.7 Å². The molecule has 0 aliphatic carbocycles. The number of hydrogen-bond donors (Lipinski definition) is 2. The van der Waals surface area contributed by atoms with Crippen LogP contribution in [0.25, 0.3) is 22.3 Å². The number of Topliss-reactive ketones (excluding diaryl/α,β-unsaturated/α-hetero) is 4. The predicted molar refractivity (Wildman–Crippen MR) is 310 cm³/mol. The number of halogens is 2. The Balaban J connectivity index is 0.000000231. The molecule has 0 aliphatic heterocycles. The van der Waals surface area contributed by atoms with Gasteiger partial charge in [-0.15, -0.1) is 0 Å². The van der Waals surface area contributed by atoms with Crippen LogP contribution in [0.3, 0.4) is 0 Å². The van der Waals surface area contributed by atoms with Crippen molar-refractivity contribution >= 4 is 58.1 Å². The maximum atomic E-state index is 13.7. The number of methoxy groups -OCH3 is 2. The summed E-state index contributed by atoms with van der Waals surface area (Å²) in [5, 5.41) is 0.821. The highest BCUT2D eigenvalue weighted by Gasteiger charge is 2.28. The average molecular weight is 1110 g/mol. The van der Waals surface area contributed by atoms with E-state index in [-0.39, 0.29) is 61.7 Å². The molecule has 2 aromatic heterocycles. The molecule has 4 N–H and O–H groups in total. The summed E-state index contributed by atoms with van der Waals surface area (Å²) in [7, 11) is 2.93. The lowest BCUT2D eigenvalue weighted by Gasteiger charge is -2.22. The van der Waals surface area contributed by atoms with Crippen molar-refractivity contribution in [3.8, 4) is 33.8 Å². The predicted octanol–water partition coefficient (Wildman–Crippen LogP) is 10.9. The Labute approximate surface area is 472 Å². The van der Waals surface area contributed by atoms with Crippen molar-refractivity contribution in [1.82, 2.24) is 9.13 Å². The Morgan fingerprint density at radius 3 is 1.12 bits per heavy atom. The van der Waals surface area contributed by atoms with E-state index < -0.39 is 35.0 Å². The first-order valence-electron chi connectivity index (χ1n) is 25.6. The maximum absolute atomic E-state index is 13.7. The van der Waals surface area contributed by atoms with Gasteiger partial charge >= 0.3 is 0 Å². The highest BCUT2D eigenvalue weighted by atomic mass is 35.5. The smallest absolute Gasteiger partial charge is 0.252 e. The molecule has 0 aliphatic rings. The lowest BCUT2D eigenvalue weighted by Crippen LogP contribution is -2.32. The minimum absolute atomic E-state index is 0.0382. The first kappa shape index (κ1) is 58.7. The Morgan fingerprint density at radius 2 is 0.812 bits per heavy atom. The zero-order chi connectivity index (χ0) is 57.6. The monoisotopic (exact) mass is 1110 g/mol. The molecule has 0 fully saturated rings. The molecule has 8 aromatic rings. The standard InChI is InChI=1S/2C32H29ClN2O5/c2*1-3-28(36)24-14-13-23(33)17-25(24)26-18-31(38)35(19-30(26)40-2)27(15-20-7-5-4-6-8-20)29(37)16-21-9-11-22(12-10-21)32(34)39/h2*4-14,17-19,27H,3,15-16H2,1-2H3,(H2,34,39)/t2*27-/m10/s1. The summed E-state index contributed by atoms with van der Waals surface area (Å²) in [6.45, 7) is 3.52. The van der Waals surface area contributed by atoms with Crippen molar-refractivity contribution in [1.29, 1.82) is 0 Å². The topological polar surface area (TPSA) is 217 Å². The second-order valence-corrected chi connectivity index (χ2v) is 19.6. The first-order chi connectivity index (χ1) is 38.4. The minimum Gasteiger partial charge on any atom is -0.495 e. The molecule has 0 saturated heterocycles. The molecule has 0 radical (unpaired) electrons. The molecular formula is C64H58Cl2N4O10. The number of pyridine rings is 2. The third-order valence-electron chi connectivity index (χ3n) is 13.5. The molecule has 0 unspecified atom stereocenters. The van der Waals surface area contributed by atoms with E-state index in [2.05, 4.69) is 0 Å². The molecule has 14 nitrogen and oxygen atoms in total. The van der Waals surface area contributed by atoms with Crippen molar-refractivity contribution in [2.24, 2.45) is 11.5 Å². The number of carbonyl (C=O) groups excluding carboxylic acids is 6. The Bertz CT molecular complexity index is 3470. The summed E-state index contributed by atoms with van der Waals surface area (Å²) in [4.78, 5) is 103. The Morgan fingerprint density at radius 1 is 0.463 bits per heavy atom. The summed E-state index contributed by atoms with van der Waals surface area (Å²) in [5.41, 5.74) is 16.3. The van der Waals surface area contributed by atoms with Gasteiger partial charge in [-0.3, -0.25) is 38.4 Å². The van der Waals surface area contributed by atoms with E-state index in [0.29, 0.717) is 77.2 Å². The molecule has 2 heterocycles. The fourth-order valence-electron chi connectivity index (χ4n) is 9.26. The van der Waals surface area contributed by atoms with Crippen LogP contribution in [0.2, 0.25) is 10.0 Å². The van der Waals surface area contributed by atoms with Gasteiger partial charge in [-0.25, -0.2) is 0 Å². The number of rotatable bonds is 22. The van der Waals surface area contributed by atoms with Crippen LogP contribution in [0.5, 0.6) is 11.5 Å². The molecule has 2 amide bonds. The van der Waals surface area contributed by atoms with Crippen LogP contribution in [0.15, 0.2) is 180 Å². The number of ether oxygens (including phenoxy) is 2. The third kappa shape index (κ3) is 14.4. The lowest BCUT2D eigenvalue weighted by atomic mass is 9.94. The van der Waals surface area contributed by atoms with Crippen molar-refractivity contribution in [2.45, 2.75) is 64.5 Å². The number of nitrogens with zero attached hydrogens (tertiary/aromatic N) is 2. The minimum atomic E-state index is -0.843. The Hall–Kier alpha value is -8.98. The molecule has 6 aromatic carbocycles. The Kier molecular flexibility index (Phi) is 19.9. The summed E-state index contributed by atoms with van der Waals surface area (Å²) in [6, 6.07) is 42.7. The molecule has 80 heavy (non-hydrogen) atoms. The van der Waals surface area contributed by atoms with Gasteiger partial charge in [-0.2, -0.15) is 0 Å². The van der Waals surface area contributed by atoms with E-state index in [4.69, 9.17) is 44.1 Å². The van der Waals surface area contributed by atoms with Gasteiger partial charge in [0.25, 0.3) is 11.1 Å². The SMILES string of the molecule is CCC(=O)c1ccc(Cl)cc1-c1cc(=O)n([C@@H](Cc2ccccc2)C(=O)Cc2ccc(C(N)=O)cc2)cc1OC.CCC(=O)c1ccc(Cl)cc1-c1cc(=O)n([C@H](Cc2ccccc2)C(=O)Cc2ccc(C(N)=O)cc2)cc1OC. The van der Waals surface area contributed by atoms with E-state index in [0.717, 1.165) is 11.1 Å². The largest absolute Gasteiger partial charge is 0.495 e. The second kappa shape index (κ2) is 27.1. The molecule has 8 rings (SSSR count). The van der Waals surface area contributed by atoms with Crippen LogP contribution < -0.4 is 32.1 Å². The van der Waals surface area contributed by atoms with Crippen LogP contribution >= 0.6 is 23.2 Å². The number of amides is 2. The molecule has 408 valence electrons. The number of benzene rings is 6. The van der Waals surface area contributed by atoms with Gasteiger partial charge < -0.3 is 30.1 Å². The number of carbonyl (C=O) groups is 6. The molecule has 0 spiro atoms. The van der Waals surface area contributed by atoms with Gasteiger partial charge in [0.1, 0.15) is 11.5 Å². The fourth-order valence-corrected chi connectivity index (χ4v) is 9.60. The summed E-state index contributed by atoms with van der Waals surface area (Å²) in [5.74, 6) is -1.05. The number of ketones is 4. The summed E-state index contributed by atoms with van der Waals surface area (Å²) < 4.78 is 14.1. The van der Waals surface area contributed by atoms with Gasteiger partial charge in [-0.1, -0.05) is 122 Å². The van der Waals surface area contributed by atoms with Crippen molar-refractivity contribution < 1.29 is 38.2 Å². The van der Waals surface area contributed by atoms with Crippen LogP contribution in [0.1, 0.15) is 102 Å². The molecule has 16 heteroatoms. The molecule has 0 saturated carbocycles. The van der Waals surface area contributed by atoms with Crippen LogP contribution in [0.4, 0.5) is 0 Å². The summed E-state index contributed by atoms with van der Waals surface area (Å²) >= 11 is 12.5. The number of hydrogen-bond acceptors (Lipinski definition) is 10. The van der Waals surface area contributed by atoms with Gasteiger partial charge in [0.2, 0.25) is 11.8 Å². The second-order valence-electron chi connectivity index (χ2n) is 18.8. The highest BCUT2D eigenvalue weighted by Crippen LogP contribution is 2.36. The van der Waals surface area contributed by atoms with E-state index in [1.165, 1.54) is 47.9 Å². The lowest BCUT2D eigenvalue weighted by molar-refractivity contribution is -0.122. The van der Waals surface area contributed by atoms with Gasteiger partial charge in [0.05, 0.1) is 38.7 Å². The van der Waals surface area contributed by atoms with Gasteiger partial charge in [0.15, 0.2) is 23.1 Å². The number of nitrogens with two attached hydrogens (primary N) is 2. The maximum Gasteiger partial charge on any atom is 0.252 e. The van der Waals surface area contributed by atoms with Crippen molar-refractivity contribution in [3.63, 3.8) is 0 Å². The van der Waals surface area contributed by atoms with E-state index in [9.17, 15) is 38.4 Å². The zero-order valence-electron chi connectivity index (χ0n) is 44.5. The highest BCUT2D eigenvalue weighted by molar-refractivity contribution is 6.31. The summed E-state index contributed by atoms with van der Waals surface area (Å²) in [6.07, 6.45) is 4.22. The molecule has 2 atom stereocenters. The van der Waals surface area contributed by atoms with Gasteiger partial charge in [-0.05, 0) is 94.0 Å². The van der Waals surface area contributed by atoms with E-state index in [1.54, 1.807) is 98.8 Å². The normalized spacial score (nSPS) is 11.6. The molecular weight excluding hydrogens is 1060 g/mol. The van der Waals surface area contributed by atoms with Crippen LogP contribution in [-0.4, -0.2) is 58.3 Å². The number of primary amides is 2. The van der Waals surface area contributed by atoms with Crippen molar-refractivity contribution in [2.75, 3.05) is 14.2 Å². The quantitative estimate of drug-likeness (QED) is 0.0612. The fraction of sp³-hybridized carbons (Fsp3) is 0.188. The average Bonchev–Trinajstić information content (AvgIpc) is 3.48. The van der Waals surface area contributed by atoms with Crippen LogP contribution in [-0.2, 0) is 35.3 Å². The van der Waals surface area contributed by atoms with Crippen LogP contribution in [0, 0.1) is 0 Å². The molecule has 0 bridgehead atoms. The first-order valence-corrected chi connectivity index (χ1v) is 26.4. The number of aromatic nitrogens is 2.